The lowest BCUT2D eigenvalue weighted by atomic mass is 10.3. The number of H-pyrrole nitrogens is 1. The molecular formula is C11H18N2O2. The van der Waals surface area contributed by atoms with Gasteiger partial charge in [-0.2, -0.15) is 0 Å². The average Bonchev–Trinajstić information content (AvgIpc) is 2.66. The van der Waals surface area contributed by atoms with E-state index in [4.69, 9.17) is 4.74 Å². The SMILES string of the molecule is CCCCOC(=O)c1[nH]ccc1N(C)C. The van der Waals surface area contributed by atoms with E-state index in [9.17, 15) is 4.79 Å². The Morgan fingerprint density at radius 3 is 2.87 bits per heavy atom. The number of hydrogen-bond donors (Lipinski definition) is 1. The monoisotopic (exact) mass is 210 g/mol. The number of aromatic amines is 1. The first-order chi connectivity index (χ1) is 7.16. The predicted octanol–water partition coefficient (Wildman–Crippen LogP) is 2.04. The molecule has 0 fully saturated rings. The van der Waals surface area contributed by atoms with Gasteiger partial charge in [-0.05, 0) is 12.5 Å². The van der Waals surface area contributed by atoms with Crippen LogP contribution >= 0.6 is 0 Å². The van der Waals surface area contributed by atoms with Crippen molar-refractivity contribution >= 4 is 11.7 Å². The highest BCUT2D eigenvalue weighted by molar-refractivity contribution is 5.93. The molecule has 1 N–H and O–H groups in total. The highest BCUT2D eigenvalue weighted by atomic mass is 16.5. The Labute approximate surface area is 90.2 Å². The van der Waals surface area contributed by atoms with E-state index in [1.807, 2.05) is 25.1 Å². The van der Waals surface area contributed by atoms with Crippen LogP contribution in [-0.2, 0) is 4.74 Å². The standard InChI is InChI=1S/C11H18N2O2/c1-4-5-8-15-11(14)10-9(13(2)3)6-7-12-10/h6-7,12H,4-5,8H2,1-3H3. The maximum atomic E-state index is 11.6. The first-order valence-corrected chi connectivity index (χ1v) is 5.18. The smallest absolute Gasteiger partial charge is 0.356 e. The molecule has 4 heteroatoms. The highest BCUT2D eigenvalue weighted by Gasteiger charge is 2.14. The number of aromatic nitrogens is 1. The molecule has 0 unspecified atom stereocenters. The Morgan fingerprint density at radius 2 is 2.27 bits per heavy atom. The predicted molar refractivity (Wildman–Crippen MR) is 60.3 cm³/mol. The Bertz CT molecular complexity index is 318. The van der Waals surface area contributed by atoms with Crippen molar-refractivity contribution in [2.45, 2.75) is 19.8 Å². The van der Waals surface area contributed by atoms with Crippen LogP contribution in [-0.4, -0.2) is 31.7 Å². The first kappa shape index (κ1) is 11.6. The average molecular weight is 210 g/mol. The minimum atomic E-state index is -0.280. The molecule has 0 bridgehead atoms. The van der Waals surface area contributed by atoms with Crippen LogP contribution in [0, 0.1) is 0 Å². The number of anilines is 1. The van der Waals surface area contributed by atoms with Crippen LogP contribution in [0.25, 0.3) is 0 Å². The van der Waals surface area contributed by atoms with E-state index < -0.39 is 0 Å². The summed E-state index contributed by atoms with van der Waals surface area (Å²) < 4.78 is 5.12. The molecule has 0 saturated heterocycles. The van der Waals surface area contributed by atoms with E-state index >= 15 is 0 Å². The van der Waals surface area contributed by atoms with Crippen molar-refractivity contribution in [3.05, 3.63) is 18.0 Å². The molecule has 1 rings (SSSR count). The zero-order valence-corrected chi connectivity index (χ0v) is 9.54. The topological polar surface area (TPSA) is 45.3 Å². The molecule has 0 amide bonds. The van der Waals surface area contributed by atoms with Crippen LogP contribution < -0.4 is 4.90 Å². The molecule has 1 aromatic heterocycles. The van der Waals surface area contributed by atoms with Crippen molar-refractivity contribution in [3.8, 4) is 0 Å². The lowest BCUT2D eigenvalue weighted by Crippen LogP contribution is -2.14. The Morgan fingerprint density at radius 1 is 1.53 bits per heavy atom. The fourth-order valence-corrected chi connectivity index (χ4v) is 1.28. The van der Waals surface area contributed by atoms with Crippen LogP contribution in [0.1, 0.15) is 30.3 Å². The summed E-state index contributed by atoms with van der Waals surface area (Å²) in [6.07, 6.45) is 3.67. The minimum Gasteiger partial charge on any atom is -0.461 e. The van der Waals surface area contributed by atoms with E-state index in [2.05, 4.69) is 11.9 Å². The molecule has 1 heterocycles. The number of rotatable bonds is 5. The first-order valence-electron chi connectivity index (χ1n) is 5.18. The van der Waals surface area contributed by atoms with Crippen LogP contribution in [0.2, 0.25) is 0 Å². The van der Waals surface area contributed by atoms with Gasteiger partial charge < -0.3 is 14.6 Å². The highest BCUT2D eigenvalue weighted by Crippen LogP contribution is 2.17. The maximum Gasteiger partial charge on any atom is 0.356 e. The molecule has 0 radical (unpaired) electrons. The minimum absolute atomic E-state index is 0.280. The molecule has 0 aromatic carbocycles. The number of unbranched alkanes of at least 4 members (excludes halogenated alkanes) is 1. The summed E-state index contributed by atoms with van der Waals surface area (Å²) in [5.41, 5.74) is 1.38. The fourth-order valence-electron chi connectivity index (χ4n) is 1.28. The molecular weight excluding hydrogens is 192 g/mol. The van der Waals surface area contributed by atoms with E-state index in [1.165, 1.54) is 0 Å². The molecule has 0 aliphatic heterocycles. The number of carbonyl (C=O) groups is 1. The number of nitrogens with zero attached hydrogens (tertiary/aromatic N) is 1. The normalized spacial score (nSPS) is 10.1. The second kappa shape index (κ2) is 5.44. The largest absolute Gasteiger partial charge is 0.461 e. The molecule has 0 atom stereocenters. The Hall–Kier alpha value is -1.45. The van der Waals surface area contributed by atoms with Gasteiger partial charge in [-0.3, -0.25) is 0 Å². The van der Waals surface area contributed by atoms with E-state index in [0.717, 1.165) is 18.5 Å². The summed E-state index contributed by atoms with van der Waals surface area (Å²) >= 11 is 0. The van der Waals surface area contributed by atoms with Gasteiger partial charge in [0.15, 0.2) is 0 Å². The molecule has 4 nitrogen and oxygen atoms in total. The van der Waals surface area contributed by atoms with Gasteiger partial charge in [0.05, 0.1) is 12.3 Å². The zero-order valence-electron chi connectivity index (χ0n) is 9.54. The summed E-state index contributed by atoms with van der Waals surface area (Å²) in [4.78, 5) is 16.4. The lowest BCUT2D eigenvalue weighted by molar-refractivity contribution is 0.0494. The van der Waals surface area contributed by atoms with Gasteiger partial charge in [0.2, 0.25) is 0 Å². The molecule has 0 aliphatic rings. The third-order valence-corrected chi connectivity index (χ3v) is 2.14. The van der Waals surface area contributed by atoms with Gasteiger partial charge in [-0.15, -0.1) is 0 Å². The second-order valence-corrected chi connectivity index (χ2v) is 3.62. The Kier molecular flexibility index (Phi) is 4.21. The number of esters is 1. The van der Waals surface area contributed by atoms with Crippen LogP contribution in [0.5, 0.6) is 0 Å². The molecule has 1 aromatic rings. The number of ether oxygens (including phenoxy) is 1. The van der Waals surface area contributed by atoms with Crippen molar-refractivity contribution in [1.82, 2.24) is 4.98 Å². The summed E-state index contributed by atoms with van der Waals surface area (Å²) in [6.45, 7) is 2.55. The zero-order chi connectivity index (χ0) is 11.3. The van der Waals surface area contributed by atoms with Crippen molar-refractivity contribution in [2.75, 3.05) is 25.6 Å². The fraction of sp³-hybridized carbons (Fsp3) is 0.545. The van der Waals surface area contributed by atoms with Crippen molar-refractivity contribution in [3.63, 3.8) is 0 Å². The van der Waals surface area contributed by atoms with E-state index in [1.54, 1.807) is 6.20 Å². The van der Waals surface area contributed by atoms with Crippen molar-refractivity contribution in [2.24, 2.45) is 0 Å². The third kappa shape index (κ3) is 3.01. The van der Waals surface area contributed by atoms with E-state index in [0.29, 0.717) is 12.3 Å². The summed E-state index contributed by atoms with van der Waals surface area (Å²) in [5.74, 6) is -0.280. The number of carbonyl (C=O) groups excluding carboxylic acids is 1. The summed E-state index contributed by atoms with van der Waals surface area (Å²) in [7, 11) is 3.79. The quantitative estimate of drug-likeness (QED) is 0.597. The number of nitrogens with one attached hydrogen (secondary N) is 1. The summed E-state index contributed by atoms with van der Waals surface area (Å²) in [6, 6.07) is 1.86. The van der Waals surface area contributed by atoms with Crippen molar-refractivity contribution in [1.29, 1.82) is 0 Å². The van der Waals surface area contributed by atoms with Gasteiger partial charge in [-0.1, -0.05) is 13.3 Å². The van der Waals surface area contributed by atoms with Gasteiger partial charge >= 0.3 is 5.97 Å². The van der Waals surface area contributed by atoms with Crippen LogP contribution in [0.15, 0.2) is 12.3 Å². The van der Waals surface area contributed by atoms with Gasteiger partial charge in [0.1, 0.15) is 5.69 Å². The van der Waals surface area contributed by atoms with Crippen LogP contribution in [0.3, 0.4) is 0 Å². The van der Waals surface area contributed by atoms with E-state index in [-0.39, 0.29) is 5.97 Å². The molecule has 0 saturated carbocycles. The molecule has 0 aliphatic carbocycles. The van der Waals surface area contributed by atoms with Crippen LogP contribution in [0.4, 0.5) is 5.69 Å². The second-order valence-electron chi connectivity index (χ2n) is 3.62. The maximum absolute atomic E-state index is 11.6. The van der Waals surface area contributed by atoms with Crippen molar-refractivity contribution < 1.29 is 9.53 Å². The molecule has 0 spiro atoms. The third-order valence-electron chi connectivity index (χ3n) is 2.14. The molecule has 15 heavy (non-hydrogen) atoms. The summed E-state index contributed by atoms with van der Waals surface area (Å²) in [5, 5.41) is 0. The van der Waals surface area contributed by atoms with Gasteiger partial charge in [0, 0.05) is 20.3 Å². The Balaban J connectivity index is 2.61. The number of hydrogen-bond acceptors (Lipinski definition) is 3. The lowest BCUT2D eigenvalue weighted by Gasteiger charge is -2.12. The van der Waals surface area contributed by atoms with Gasteiger partial charge in [-0.25, -0.2) is 4.79 Å². The van der Waals surface area contributed by atoms with Gasteiger partial charge in [0.25, 0.3) is 0 Å². The molecule has 84 valence electrons.